The van der Waals surface area contributed by atoms with E-state index in [0.717, 1.165) is 19.4 Å². The molecular weight excluding hydrogens is 346 g/mol. The van der Waals surface area contributed by atoms with Crippen molar-refractivity contribution in [3.05, 3.63) is 89.1 Å². The molecule has 1 aromatic heterocycles. The third-order valence-electron chi connectivity index (χ3n) is 3.92. The first-order chi connectivity index (χ1) is 12.7. The summed E-state index contributed by atoms with van der Waals surface area (Å²) in [6.07, 6.45) is 3.63. The van der Waals surface area contributed by atoms with Crippen molar-refractivity contribution < 1.29 is 4.79 Å². The summed E-state index contributed by atoms with van der Waals surface area (Å²) in [4.78, 5) is 16.6. The number of aromatic nitrogens is 1. The summed E-state index contributed by atoms with van der Waals surface area (Å²) >= 11 is 5.86. The summed E-state index contributed by atoms with van der Waals surface area (Å²) in [6.45, 7) is 0.796. The lowest BCUT2D eigenvalue weighted by atomic mass is 10.1. The topological polar surface area (TPSA) is 54.0 Å². The fraction of sp³-hybridized carbons (Fsp3) is 0.143. The van der Waals surface area contributed by atoms with Crippen LogP contribution in [0.5, 0.6) is 0 Å². The normalized spacial score (nSPS) is 10.3. The van der Waals surface area contributed by atoms with Crippen molar-refractivity contribution in [1.29, 1.82) is 0 Å². The van der Waals surface area contributed by atoms with Crippen LogP contribution in [0.25, 0.3) is 0 Å². The molecule has 0 aliphatic carbocycles. The van der Waals surface area contributed by atoms with Crippen LogP contribution in [0.3, 0.4) is 0 Å². The highest BCUT2D eigenvalue weighted by Gasteiger charge is 2.07. The monoisotopic (exact) mass is 365 g/mol. The van der Waals surface area contributed by atoms with E-state index in [9.17, 15) is 4.79 Å². The highest BCUT2D eigenvalue weighted by Crippen LogP contribution is 2.15. The van der Waals surface area contributed by atoms with Crippen molar-refractivity contribution in [1.82, 2.24) is 4.98 Å². The van der Waals surface area contributed by atoms with Crippen molar-refractivity contribution in [2.24, 2.45) is 0 Å². The number of nitrogens with one attached hydrogen (secondary N) is 2. The van der Waals surface area contributed by atoms with Gasteiger partial charge in [0.05, 0.1) is 0 Å². The Bertz CT molecular complexity index is 851. The zero-order valence-electron chi connectivity index (χ0n) is 14.3. The first-order valence-corrected chi connectivity index (χ1v) is 8.89. The maximum Gasteiger partial charge on any atom is 0.255 e. The number of nitrogens with zero attached hydrogens (tertiary/aromatic N) is 1. The van der Waals surface area contributed by atoms with E-state index in [1.54, 1.807) is 42.6 Å². The molecule has 3 rings (SSSR count). The molecule has 0 unspecified atom stereocenters. The van der Waals surface area contributed by atoms with Gasteiger partial charge < -0.3 is 10.6 Å². The quantitative estimate of drug-likeness (QED) is 0.577. The highest BCUT2D eigenvalue weighted by molar-refractivity contribution is 6.30. The highest BCUT2D eigenvalue weighted by atomic mass is 35.5. The van der Waals surface area contributed by atoms with Crippen LogP contribution in [0.2, 0.25) is 5.02 Å². The lowest BCUT2D eigenvalue weighted by Gasteiger charge is -2.08. The number of rotatable bonds is 7. The molecular formula is C21H20ClN3O. The number of hydrogen-bond acceptors (Lipinski definition) is 3. The Labute approximate surface area is 158 Å². The minimum Gasteiger partial charge on any atom is -0.370 e. The van der Waals surface area contributed by atoms with Gasteiger partial charge in [-0.25, -0.2) is 4.98 Å². The number of pyridine rings is 1. The largest absolute Gasteiger partial charge is 0.370 e. The first-order valence-electron chi connectivity index (χ1n) is 8.51. The van der Waals surface area contributed by atoms with Gasteiger partial charge in [0, 0.05) is 29.0 Å². The minimum atomic E-state index is -0.179. The standard InChI is InChI=1S/C21H20ClN3O/c22-18-8-10-19(11-9-18)25-21(26)17-12-14-24-20(15-17)23-13-4-7-16-5-2-1-3-6-16/h1-3,5-6,8-12,14-15H,4,7,13H2,(H,23,24)(H,25,26). The van der Waals surface area contributed by atoms with E-state index in [-0.39, 0.29) is 5.91 Å². The van der Waals surface area contributed by atoms with Crippen LogP contribution < -0.4 is 10.6 Å². The number of anilines is 2. The van der Waals surface area contributed by atoms with Gasteiger partial charge in [0.25, 0.3) is 5.91 Å². The van der Waals surface area contributed by atoms with E-state index in [4.69, 9.17) is 11.6 Å². The van der Waals surface area contributed by atoms with Crippen LogP contribution in [-0.2, 0) is 6.42 Å². The molecule has 0 radical (unpaired) electrons. The summed E-state index contributed by atoms with van der Waals surface area (Å²) in [5, 5.41) is 6.75. The molecule has 0 aliphatic rings. The second kappa shape index (κ2) is 9.02. The van der Waals surface area contributed by atoms with E-state index in [1.165, 1.54) is 5.56 Å². The van der Waals surface area contributed by atoms with Gasteiger partial charge in [-0.3, -0.25) is 4.79 Å². The van der Waals surface area contributed by atoms with Gasteiger partial charge in [0.1, 0.15) is 5.82 Å². The molecule has 3 aromatic rings. The van der Waals surface area contributed by atoms with Gasteiger partial charge in [-0.05, 0) is 54.8 Å². The van der Waals surface area contributed by atoms with Crippen LogP contribution in [0, 0.1) is 0 Å². The van der Waals surface area contributed by atoms with Crippen LogP contribution in [0.15, 0.2) is 72.9 Å². The zero-order valence-corrected chi connectivity index (χ0v) is 15.0. The molecule has 0 spiro atoms. The second-order valence-electron chi connectivity index (χ2n) is 5.91. The van der Waals surface area contributed by atoms with E-state index in [2.05, 4.69) is 27.8 Å². The van der Waals surface area contributed by atoms with E-state index >= 15 is 0 Å². The first kappa shape index (κ1) is 18.0. The number of benzene rings is 2. The van der Waals surface area contributed by atoms with Gasteiger partial charge in [-0.1, -0.05) is 41.9 Å². The summed E-state index contributed by atoms with van der Waals surface area (Å²) < 4.78 is 0. The number of aryl methyl sites for hydroxylation is 1. The lowest BCUT2D eigenvalue weighted by Crippen LogP contribution is -2.13. The number of hydrogen-bond donors (Lipinski definition) is 2. The Hall–Kier alpha value is -2.85. The van der Waals surface area contributed by atoms with Crippen molar-refractivity contribution in [3.8, 4) is 0 Å². The molecule has 0 bridgehead atoms. The zero-order chi connectivity index (χ0) is 18.2. The van der Waals surface area contributed by atoms with Crippen LogP contribution in [0.4, 0.5) is 11.5 Å². The fourth-order valence-electron chi connectivity index (χ4n) is 2.56. The molecule has 0 fully saturated rings. The average Bonchev–Trinajstić information content (AvgIpc) is 2.68. The smallest absolute Gasteiger partial charge is 0.255 e. The van der Waals surface area contributed by atoms with E-state index < -0.39 is 0 Å². The molecule has 4 nitrogen and oxygen atoms in total. The summed E-state index contributed by atoms with van der Waals surface area (Å²) in [5.41, 5.74) is 2.58. The van der Waals surface area contributed by atoms with Crippen molar-refractivity contribution in [3.63, 3.8) is 0 Å². The van der Waals surface area contributed by atoms with Gasteiger partial charge >= 0.3 is 0 Å². The maximum absolute atomic E-state index is 12.4. The Morgan fingerprint density at radius 1 is 1.00 bits per heavy atom. The molecule has 2 N–H and O–H groups in total. The molecule has 5 heteroatoms. The van der Waals surface area contributed by atoms with Gasteiger partial charge in [-0.15, -0.1) is 0 Å². The third kappa shape index (κ3) is 5.33. The second-order valence-corrected chi connectivity index (χ2v) is 6.34. The van der Waals surface area contributed by atoms with Gasteiger partial charge in [0.2, 0.25) is 0 Å². The van der Waals surface area contributed by atoms with Crippen molar-refractivity contribution in [2.75, 3.05) is 17.2 Å². The van der Waals surface area contributed by atoms with Crippen LogP contribution in [-0.4, -0.2) is 17.4 Å². The molecule has 0 saturated heterocycles. The number of amides is 1. The Balaban J connectivity index is 1.52. The van der Waals surface area contributed by atoms with Crippen LogP contribution >= 0.6 is 11.6 Å². The van der Waals surface area contributed by atoms with Gasteiger partial charge in [-0.2, -0.15) is 0 Å². The molecule has 132 valence electrons. The fourth-order valence-corrected chi connectivity index (χ4v) is 2.68. The third-order valence-corrected chi connectivity index (χ3v) is 4.17. The average molecular weight is 366 g/mol. The van der Waals surface area contributed by atoms with Crippen LogP contribution in [0.1, 0.15) is 22.3 Å². The SMILES string of the molecule is O=C(Nc1ccc(Cl)cc1)c1ccnc(NCCCc2ccccc2)c1. The Morgan fingerprint density at radius 3 is 2.54 bits per heavy atom. The van der Waals surface area contributed by atoms with Crippen molar-refractivity contribution >= 4 is 29.0 Å². The number of carbonyl (C=O) groups is 1. The summed E-state index contributed by atoms with van der Waals surface area (Å²) in [6, 6.07) is 20.8. The Kier molecular flexibility index (Phi) is 6.23. The number of halogens is 1. The lowest BCUT2D eigenvalue weighted by molar-refractivity contribution is 0.102. The molecule has 0 atom stereocenters. The summed E-state index contributed by atoms with van der Waals surface area (Å²) in [5.74, 6) is 0.517. The molecule has 0 aliphatic heterocycles. The van der Waals surface area contributed by atoms with E-state index in [1.807, 2.05) is 18.2 Å². The predicted molar refractivity (Wildman–Crippen MR) is 107 cm³/mol. The number of carbonyl (C=O) groups excluding carboxylic acids is 1. The van der Waals surface area contributed by atoms with E-state index in [0.29, 0.717) is 22.1 Å². The Morgan fingerprint density at radius 2 is 1.77 bits per heavy atom. The predicted octanol–water partition coefficient (Wildman–Crippen LogP) is 5.03. The molecule has 26 heavy (non-hydrogen) atoms. The van der Waals surface area contributed by atoms with Crippen molar-refractivity contribution in [2.45, 2.75) is 12.8 Å². The molecule has 1 heterocycles. The van der Waals surface area contributed by atoms with Gasteiger partial charge in [0.15, 0.2) is 0 Å². The summed E-state index contributed by atoms with van der Waals surface area (Å²) in [7, 11) is 0. The molecule has 1 amide bonds. The molecule has 0 saturated carbocycles. The minimum absolute atomic E-state index is 0.179. The molecule has 2 aromatic carbocycles. The maximum atomic E-state index is 12.4.